The van der Waals surface area contributed by atoms with Crippen LogP contribution in [0.5, 0.6) is 0 Å². The topological polar surface area (TPSA) is 116 Å². The van der Waals surface area contributed by atoms with E-state index in [1.54, 1.807) is 13.0 Å². The van der Waals surface area contributed by atoms with Crippen molar-refractivity contribution in [2.75, 3.05) is 11.1 Å². The van der Waals surface area contributed by atoms with Crippen LogP contribution in [0, 0.1) is 30.9 Å². The number of amides is 1. The van der Waals surface area contributed by atoms with E-state index in [4.69, 9.17) is 0 Å². The lowest BCUT2D eigenvalue weighted by atomic mass is 10.1. The third kappa shape index (κ3) is 4.17. The Kier molecular flexibility index (Phi) is 5.69. The van der Waals surface area contributed by atoms with E-state index in [2.05, 4.69) is 20.8 Å². The first-order valence-electron chi connectivity index (χ1n) is 8.39. The fourth-order valence-corrected chi connectivity index (χ4v) is 3.22. The molecule has 1 N–H and O–H groups in total. The number of thioether (sulfide) groups is 1. The third-order valence-corrected chi connectivity index (χ3v) is 5.15. The van der Waals surface area contributed by atoms with Crippen LogP contribution in [0.15, 0.2) is 41.6 Å². The van der Waals surface area contributed by atoms with Gasteiger partial charge in [-0.25, -0.2) is 0 Å². The van der Waals surface area contributed by atoms with Crippen LogP contribution in [0.25, 0.3) is 5.69 Å². The summed E-state index contributed by atoms with van der Waals surface area (Å²) in [6.45, 7) is 5.55. The maximum absolute atomic E-state index is 12.4. The summed E-state index contributed by atoms with van der Waals surface area (Å²) < 4.78 is 1.54. The van der Waals surface area contributed by atoms with Crippen LogP contribution in [0.4, 0.5) is 11.4 Å². The molecule has 0 saturated carbocycles. The number of anilines is 1. The minimum absolute atomic E-state index is 0.0107. The number of carbonyl (C=O) groups excluding carboxylic acids is 1. The molecule has 0 aliphatic carbocycles. The maximum atomic E-state index is 12.4. The Morgan fingerprint density at radius 3 is 2.57 bits per heavy atom. The Hall–Kier alpha value is -3.27. The van der Waals surface area contributed by atoms with E-state index in [9.17, 15) is 14.9 Å². The molecule has 0 spiro atoms. The van der Waals surface area contributed by atoms with Gasteiger partial charge in [-0.1, -0.05) is 35.5 Å². The predicted octanol–water partition coefficient (Wildman–Crippen LogP) is 3.23. The normalized spacial score (nSPS) is 10.7. The Labute approximate surface area is 165 Å². The second-order valence-corrected chi connectivity index (χ2v) is 7.15. The number of hydrogen-bond donors (Lipinski definition) is 1. The number of nitrogens with zero attached hydrogens (tertiary/aromatic N) is 5. The van der Waals surface area contributed by atoms with Gasteiger partial charge in [0, 0.05) is 6.07 Å². The molecule has 0 aliphatic rings. The molecule has 1 aromatic heterocycles. The molecule has 0 saturated heterocycles. The van der Waals surface area contributed by atoms with Crippen molar-refractivity contribution >= 4 is 29.0 Å². The molecule has 1 heterocycles. The number of hydrogen-bond acceptors (Lipinski definition) is 7. The molecule has 9 nitrogen and oxygen atoms in total. The molecule has 28 heavy (non-hydrogen) atoms. The van der Waals surface area contributed by atoms with Gasteiger partial charge in [0.15, 0.2) is 0 Å². The molecular weight excluding hydrogens is 380 g/mol. The van der Waals surface area contributed by atoms with E-state index in [1.165, 1.54) is 10.7 Å². The van der Waals surface area contributed by atoms with E-state index in [-0.39, 0.29) is 23.0 Å². The Morgan fingerprint density at radius 1 is 1.18 bits per heavy atom. The number of nitrogens with one attached hydrogen (secondary N) is 1. The quantitative estimate of drug-likeness (QED) is 0.385. The van der Waals surface area contributed by atoms with Crippen molar-refractivity contribution in [3.8, 4) is 5.69 Å². The summed E-state index contributed by atoms with van der Waals surface area (Å²) in [6.07, 6.45) is 0. The highest BCUT2D eigenvalue weighted by atomic mass is 32.2. The van der Waals surface area contributed by atoms with Crippen LogP contribution in [0.2, 0.25) is 0 Å². The molecule has 2 aromatic carbocycles. The number of benzene rings is 2. The zero-order valence-corrected chi connectivity index (χ0v) is 16.4. The molecule has 3 rings (SSSR count). The molecule has 0 aliphatic heterocycles. The minimum Gasteiger partial charge on any atom is -0.319 e. The first-order valence-corrected chi connectivity index (χ1v) is 9.38. The standard InChI is InChI=1S/C18H18N6O3S/c1-11-4-7-14(8-5-11)23-18(20-21-22-23)28-10-16(25)19-17-13(3)12(2)6-9-15(17)24(26)27/h4-9H,10H2,1-3H3,(H,19,25). The van der Waals surface area contributed by atoms with Gasteiger partial charge in [0.05, 0.1) is 16.4 Å². The van der Waals surface area contributed by atoms with E-state index in [1.807, 2.05) is 38.1 Å². The number of tetrazole rings is 1. The fourth-order valence-electron chi connectivity index (χ4n) is 2.53. The average Bonchev–Trinajstić information content (AvgIpc) is 3.13. The van der Waals surface area contributed by atoms with Crippen molar-refractivity contribution in [2.24, 2.45) is 0 Å². The summed E-state index contributed by atoms with van der Waals surface area (Å²) in [4.78, 5) is 23.2. The molecule has 0 atom stereocenters. The summed E-state index contributed by atoms with van der Waals surface area (Å²) in [7, 11) is 0. The maximum Gasteiger partial charge on any atom is 0.293 e. The predicted molar refractivity (Wildman–Crippen MR) is 106 cm³/mol. The van der Waals surface area contributed by atoms with Crippen molar-refractivity contribution in [1.29, 1.82) is 0 Å². The monoisotopic (exact) mass is 398 g/mol. The molecule has 0 unspecified atom stereocenters. The number of nitro benzene ring substituents is 1. The molecular formula is C18H18N6O3S. The number of rotatable bonds is 6. The molecule has 0 bridgehead atoms. The van der Waals surface area contributed by atoms with Crippen molar-refractivity contribution in [3.63, 3.8) is 0 Å². The van der Waals surface area contributed by atoms with Gasteiger partial charge in [0.1, 0.15) is 5.69 Å². The van der Waals surface area contributed by atoms with Gasteiger partial charge >= 0.3 is 0 Å². The van der Waals surface area contributed by atoms with Crippen LogP contribution in [0.1, 0.15) is 16.7 Å². The van der Waals surface area contributed by atoms with Crippen LogP contribution >= 0.6 is 11.8 Å². The minimum atomic E-state index is -0.507. The first kappa shape index (κ1) is 19.5. The smallest absolute Gasteiger partial charge is 0.293 e. The van der Waals surface area contributed by atoms with Crippen molar-refractivity contribution < 1.29 is 9.72 Å². The van der Waals surface area contributed by atoms with Gasteiger partial charge in [-0.05, 0) is 54.5 Å². The van der Waals surface area contributed by atoms with Crippen LogP contribution in [-0.4, -0.2) is 36.8 Å². The van der Waals surface area contributed by atoms with Crippen molar-refractivity contribution in [1.82, 2.24) is 20.2 Å². The lowest BCUT2D eigenvalue weighted by Crippen LogP contribution is -2.17. The van der Waals surface area contributed by atoms with Gasteiger partial charge < -0.3 is 5.32 Å². The van der Waals surface area contributed by atoms with Gasteiger partial charge in [-0.2, -0.15) is 4.68 Å². The van der Waals surface area contributed by atoms with Gasteiger partial charge in [0.25, 0.3) is 5.69 Å². The van der Waals surface area contributed by atoms with E-state index in [0.717, 1.165) is 28.6 Å². The lowest BCUT2D eigenvalue weighted by molar-refractivity contribution is -0.384. The Bertz CT molecular complexity index is 1030. The lowest BCUT2D eigenvalue weighted by Gasteiger charge is -2.11. The van der Waals surface area contributed by atoms with E-state index < -0.39 is 4.92 Å². The van der Waals surface area contributed by atoms with Gasteiger partial charge in [-0.15, -0.1) is 5.10 Å². The average molecular weight is 398 g/mol. The van der Waals surface area contributed by atoms with Gasteiger partial charge in [0.2, 0.25) is 11.1 Å². The summed E-state index contributed by atoms with van der Waals surface area (Å²) in [5.74, 6) is -0.364. The van der Waals surface area contributed by atoms with Crippen LogP contribution < -0.4 is 5.32 Å². The number of carbonyl (C=O) groups is 1. The highest BCUT2D eigenvalue weighted by Crippen LogP contribution is 2.30. The van der Waals surface area contributed by atoms with Crippen molar-refractivity contribution in [3.05, 3.63) is 63.2 Å². The summed E-state index contributed by atoms with van der Waals surface area (Å²) >= 11 is 1.15. The third-order valence-electron chi connectivity index (χ3n) is 4.23. The molecule has 0 fully saturated rings. The SMILES string of the molecule is Cc1ccc(-n2nnnc2SCC(=O)Nc2c([N+](=O)[O-])ccc(C)c2C)cc1. The highest BCUT2D eigenvalue weighted by Gasteiger charge is 2.20. The first-order chi connectivity index (χ1) is 13.4. The van der Waals surface area contributed by atoms with E-state index in [0.29, 0.717) is 10.7 Å². The molecule has 10 heteroatoms. The summed E-state index contributed by atoms with van der Waals surface area (Å²) in [6, 6.07) is 10.7. The van der Waals surface area contributed by atoms with Crippen LogP contribution in [-0.2, 0) is 4.79 Å². The zero-order valence-electron chi connectivity index (χ0n) is 15.5. The van der Waals surface area contributed by atoms with E-state index >= 15 is 0 Å². The summed E-state index contributed by atoms with van der Waals surface area (Å²) in [5, 5.41) is 25.9. The number of aryl methyl sites for hydroxylation is 2. The van der Waals surface area contributed by atoms with Crippen molar-refractivity contribution in [2.45, 2.75) is 25.9 Å². The molecule has 144 valence electrons. The van der Waals surface area contributed by atoms with Gasteiger partial charge in [-0.3, -0.25) is 14.9 Å². The highest BCUT2D eigenvalue weighted by molar-refractivity contribution is 7.99. The second kappa shape index (κ2) is 8.17. The Morgan fingerprint density at radius 2 is 1.89 bits per heavy atom. The Balaban J connectivity index is 1.73. The second-order valence-electron chi connectivity index (χ2n) is 6.20. The molecule has 1 amide bonds. The number of aromatic nitrogens is 4. The zero-order chi connectivity index (χ0) is 20.3. The summed E-state index contributed by atoms with van der Waals surface area (Å²) in [5.41, 5.74) is 3.50. The molecule has 3 aromatic rings. The molecule has 0 radical (unpaired) electrons. The number of nitro groups is 1. The largest absolute Gasteiger partial charge is 0.319 e. The fraction of sp³-hybridized carbons (Fsp3) is 0.222. The van der Waals surface area contributed by atoms with Crippen LogP contribution in [0.3, 0.4) is 0 Å².